The molecule has 0 aliphatic rings. The molecule has 0 saturated carbocycles. The van der Waals surface area contributed by atoms with Crippen molar-refractivity contribution in [3.05, 3.63) is 24.0 Å². The molecule has 0 aliphatic heterocycles. The van der Waals surface area contributed by atoms with Crippen LogP contribution >= 0.6 is 0 Å². The van der Waals surface area contributed by atoms with Crippen LogP contribution < -0.4 is 0 Å². The third-order valence-electron chi connectivity index (χ3n) is 2.59. The van der Waals surface area contributed by atoms with E-state index in [0.717, 1.165) is 0 Å². The van der Waals surface area contributed by atoms with E-state index in [-0.39, 0.29) is 5.91 Å². The molecule has 0 atom stereocenters. The van der Waals surface area contributed by atoms with Crippen molar-refractivity contribution in [2.45, 2.75) is 26.3 Å². The van der Waals surface area contributed by atoms with E-state index in [1.165, 1.54) is 18.7 Å². The summed E-state index contributed by atoms with van der Waals surface area (Å²) in [7, 11) is 0. The quantitative estimate of drug-likeness (QED) is 0.810. The zero-order valence-electron chi connectivity index (χ0n) is 9.65. The number of carbonyl (C=O) groups excluding carboxylic acids is 1. The first-order valence-electron chi connectivity index (χ1n) is 5.10. The molecule has 0 radical (unpaired) electrons. The second-order valence-corrected chi connectivity index (χ2v) is 4.00. The van der Waals surface area contributed by atoms with Crippen molar-refractivity contribution in [2.75, 3.05) is 6.54 Å². The lowest BCUT2D eigenvalue weighted by Crippen LogP contribution is -2.53. The topological polar surface area (TPSA) is 73.4 Å². The predicted molar refractivity (Wildman–Crippen MR) is 59.2 cm³/mol. The number of carboxylic acid groups (broad SMARTS) is 1. The maximum absolute atomic E-state index is 12.0. The molecule has 1 rings (SSSR count). The minimum Gasteiger partial charge on any atom is -0.480 e. The molecule has 0 bridgehead atoms. The van der Waals surface area contributed by atoms with Gasteiger partial charge in [0.1, 0.15) is 11.2 Å². The van der Waals surface area contributed by atoms with Gasteiger partial charge in [-0.25, -0.2) is 4.79 Å². The number of aliphatic carboxylic acids is 1. The highest BCUT2D eigenvalue weighted by Crippen LogP contribution is 2.17. The van der Waals surface area contributed by atoms with Crippen LogP contribution in [-0.2, 0) is 4.79 Å². The monoisotopic (exact) mass is 224 g/mol. The Hall–Kier alpha value is -1.78. The fraction of sp³-hybridized carbons (Fsp3) is 0.455. The van der Waals surface area contributed by atoms with E-state index < -0.39 is 11.5 Å². The van der Waals surface area contributed by atoms with Crippen LogP contribution in [0, 0.1) is 0 Å². The van der Waals surface area contributed by atoms with E-state index in [4.69, 9.17) is 5.11 Å². The number of aromatic nitrogens is 1. The molecular formula is C11H16N2O3. The Kier molecular flexibility index (Phi) is 3.37. The molecule has 1 heterocycles. The molecular weight excluding hydrogens is 208 g/mol. The zero-order valence-corrected chi connectivity index (χ0v) is 9.65. The number of nitrogens with one attached hydrogen (secondary N) is 1. The first kappa shape index (κ1) is 12.3. The van der Waals surface area contributed by atoms with Crippen molar-refractivity contribution >= 4 is 11.9 Å². The SMILES string of the molecule is CCN(C(=O)c1ccc[nH]1)C(C)(C)C(=O)O. The second-order valence-electron chi connectivity index (χ2n) is 4.00. The van der Waals surface area contributed by atoms with E-state index in [1.807, 2.05) is 0 Å². The Bertz CT molecular complexity index is 382. The first-order chi connectivity index (χ1) is 7.41. The standard InChI is InChI=1S/C11H16N2O3/c1-4-13(11(2,3)10(15)16)9(14)8-6-5-7-12-8/h5-7,12H,4H2,1-3H3,(H,15,16). The normalized spacial score (nSPS) is 11.2. The second kappa shape index (κ2) is 4.38. The van der Waals surface area contributed by atoms with Crippen LogP contribution in [0.15, 0.2) is 18.3 Å². The Morgan fingerprint density at radius 3 is 2.50 bits per heavy atom. The third kappa shape index (κ3) is 2.08. The molecule has 0 aromatic carbocycles. The van der Waals surface area contributed by atoms with E-state index >= 15 is 0 Å². The van der Waals surface area contributed by atoms with Gasteiger partial charge >= 0.3 is 5.97 Å². The summed E-state index contributed by atoms with van der Waals surface area (Å²) in [5, 5.41) is 9.09. The van der Waals surface area contributed by atoms with Gasteiger partial charge in [0.15, 0.2) is 0 Å². The number of aromatic amines is 1. The van der Waals surface area contributed by atoms with Gasteiger partial charge in [-0.1, -0.05) is 0 Å². The Morgan fingerprint density at radius 2 is 2.12 bits per heavy atom. The van der Waals surface area contributed by atoms with Crippen LogP contribution in [0.3, 0.4) is 0 Å². The molecule has 1 amide bonds. The average Bonchev–Trinajstić information content (AvgIpc) is 2.70. The molecule has 16 heavy (non-hydrogen) atoms. The summed E-state index contributed by atoms with van der Waals surface area (Å²) < 4.78 is 0. The van der Waals surface area contributed by atoms with E-state index in [2.05, 4.69) is 4.98 Å². The molecule has 0 spiro atoms. The summed E-state index contributed by atoms with van der Waals surface area (Å²) in [5.41, 5.74) is -0.812. The fourth-order valence-electron chi connectivity index (χ4n) is 1.52. The smallest absolute Gasteiger partial charge is 0.329 e. The highest BCUT2D eigenvalue weighted by atomic mass is 16.4. The van der Waals surface area contributed by atoms with Gasteiger partial charge in [0.05, 0.1) is 0 Å². The molecule has 5 nitrogen and oxygen atoms in total. The summed E-state index contributed by atoms with van der Waals surface area (Å²) in [6.45, 7) is 5.13. The van der Waals surface area contributed by atoms with Crippen molar-refractivity contribution in [1.29, 1.82) is 0 Å². The van der Waals surface area contributed by atoms with Crippen LogP contribution in [-0.4, -0.2) is 39.0 Å². The molecule has 0 unspecified atom stereocenters. The van der Waals surface area contributed by atoms with Crippen LogP contribution in [0.4, 0.5) is 0 Å². The fourth-order valence-corrected chi connectivity index (χ4v) is 1.52. The van der Waals surface area contributed by atoms with Gasteiger partial charge in [-0.15, -0.1) is 0 Å². The predicted octanol–water partition coefficient (Wildman–Crippen LogP) is 1.34. The number of nitrogens with zero attached hydrogens (tertiary/aromatic N) is 1. The van der Waals surface area contributed by atoms with Crippen molar-refractivity contribution < 1.29 is 14.7 Å². The zero-order chi connectivity index (χ0) is 12.3. The van der Waals surface area contributed by atoms with Crippen molar-refractivity contribution in [3.63, 3.8) is 0 Å². The van der Waals surface area contributed by atoms with Gasteiger partial charge in [-0.2, -0.15) is 0 Å². The van der Waals surface area contributed by atoms with Crippen molar-refractivity contribution in [3.8, 4) is 0 Å². The molecule has 1 aromatic heterocycles. The number of rotatable bonds is 4. The summed E-state index contributed by atoms with van der Waals surface area (Å²) in [4.78, 5) is 27.2. The Balaban J connectivity index is 3.00. The maximum Gasteiger partial charge on any atom is 0.329 e. The molecule has 0 aliphatic carbocycles. The number of hydrogen-bond acceptors (Lipinski definition) is 2. The average molecular weight is 224 g/mol. The lowest BCUT2D eigenvalue weighted by Gasteiger charge is -2.33. The maximum atomic E-state index is 12.0. The van der Waals surface area contributed by atoms with Crippen LogP contribution in [0.1, 0.15) is 31.3 Å². The lowest BCUT2D eigenvalue weighted by molar-refractivity contribution is -0.147. The summed E-state index contributed by atoms with van der Waals surface area (Å²) >= 11 is 0. The van der Waals surface area contributed by atoms with Crippen LogP contribution in [0.2, 0.25) is 0 Å². The first-order valence-corrected chi connectivity index (χ1v) is 5.10. The summed E-state index contributed by atoms with van der Waals surface area (Å²) in [6.07, 6.45) is 1.63. The van der Waals surface area contributed by atoms with Crippen molar-refractivity contribution in [2.24, 2.45) is 0 Å². The van der Waals surface area contributed by atoms with Gasteiger partial charge < -0.3 is 15.0 Å². The number of amides is 1. The molecule has 0 saturated heterocycles. The third-order valence-corrected chi connectivity index (χ3v) is 2.59. The minimum atomic E-state index is -1.21. The molecule has 1 aromatic rings. The highest BCUT2D eigenvalue weighted by molar-refractivity contribution is 5.96. The highest BCUT2D eigenvalue weighted by Gasteiger charge is 2.37. The largest absolute Gasteiger partial charge is 0.480 e. The lowest BCUT2D eigenvalue weighted by atomic mass is 10.0. The number of hydrogen-bond donors (Lipinski definition) is 2. The number of carbonyl (C=O) groups is 2. The van der Waals surface area contributed by atoms with Gasteiger partial charge in [-0.3, -0.25) is 4.79 Å². The minimum absolute atomic E-state index is 0.306. The van der Waals surface area contributed by atoms with E-state index in [9.17, 15) is 9.59 Å². The summed E-state index contributed by atoms with van der Waals surface area (Å²) in [5.74, 6) is -1.32. The van der Waals surface area contributed by atoms with E-state index in [1.54, 1.807) is 25.3 Å². The molecule has 2 N–H and O–H groups in total. The molecule has 5 heteroatoms. The van der Waals surface area contributed by atoms with E-state index in [0.29, 0.717) is 12.2 Å². The number of carboxylic acids is 1. The van der Waals surface area contributed by atoms with Crippen LogP contribution in [0.25, 0.3) is 0 Å². The van der Waals surface area contributed by atoms with Gasteiger partial charge in [0.2, 0.25) is 0 Å². The van der Waals surface area contributed by atoms with Crippen molar-refractivity contribution in [1.82, 2.24) is 9.88 Å². The Labute approximate surface area is 94.1 Å². The number of likely N-dealkylation sites (N-methyl/N-ethyl adjacent to an activating group) is 1. The molecule has 0 fully saturated rings. The van der Waals surface area contributed by atoms with Gasteiger partial charge in [-0.05, 0) is 32.9 Å². The van der Waals surface area contributed by atoms with Crippen LogP contribution in [0.5, 0.6) is 0 Å². The Morgan fingerprint density at radius 1 is 1.50 bits per heavy atom. The summed E-state index contributed by atoms with van der Waals surface area (Å²) in [6, 6.07) is 3.33. The molecule has 88 valence electrons. The van der Waals surface area contributed by atoms with Gasteiger partial charge in [0.25, 0.3) is 5.91 Å². The van der Waals surface area contributed by atoms with Gasteiger partial charge in [0, 0.05) is 12.7 Å². The number of H-pyrrole nitrogens is 1.